The molecule has 0 fully saturated rings. The molecule has 0 unspecified atom stereocenters. The van der Waals surface area contributed by atoms with E-state index < -0.39 is 0 Å². The molecule has 3 aromatic rings. The van der Waals surface area contributed by atoms with Gasteiger partial charge in [-0.15, -0.1) is 0 Å². The molecule has 5 nitrogen and oxygen atoms in total. The van der Waals surface area contributed by atoms with Crippen LogP contribution in [0.15, 0.2) is 53.6 Å². The highest BCUT2D eigenvalue weighted by atomic mass is 16.2. The summed E-state index contributed by atoms with van der Waals surface area (Å²) in [6, 6.07) is 16.9. The number of rotatable bonds is 4. The molecule has 1 amide bonds. The molecule has 1 aliphatic carbocycles. The second-order valence-corrected chi connectivity index (χ2v) is 8.12. The highest BCUT2D eigenvalue weighted by Crippen LogP contribution is 2.42. The fourth-order valence-corrected chi connectivity index (χ4v) is 4.92. The Kier molecular flexibility index (Phi) is 4.68. The van der Waals surface area contributed by atoms with Crippen LogP contribution in [0.4, 0.5) is 0 Å². The van der Waals surface area contributed by atoms with Crippen molar-refractivity contribution in [2.75, 3.05) is 13.1 Å². The monoisotopic (exact) mass is 386 g/mol. The average molecular weight is 386 g/mol. The number of hydrazone groups is 1. The van der Waals surface area contributed by atoms with Crippen molar-refractivity contribution in [1.29, 1.82) is 0 Å². The van der Waals surface area contributed by atoms with Crippen LogP contribution in [0.25, 0.3) is 10.9 Å². The molecule has 0 bridgehead atoms. The average Bonchev–Trinajstić information content (AvgIpc) is 3.05. The first-order valence-electron chi connectivity index (χ1n) is 10.4. The van der Waals surface area contributed by atoms with E-state index in [0.717, 1.165) is 31.5 Å². The van der Waals surface area contributed by atoms with E-state index in [2.05, 4.69) is 45.1 Å². The summed E-state index contributed by atoms with van der Waals surface area (Å²) in [6.07, 6.45) is 5.12. The Hall–Kier alpha value is -2.92. The fraction of sp³-hybridized carbons (Fsp3) is 0.333. The highest BCUT2D eigenvalue weighted by molar-refractivity contribution is 5.87. The summed E-state index contributed by atoms with van der Waals surface area (Å²) in [5.41, 5.74) is 9.26. The number of aryl methyl sites for hydroxylation is 2. The molecule has 29 heavy (non-hydrogen) atoms. The molecule has 2 heterocycles. The van der Waals surface area contributed by atoms with Crippen LogP contribution in [-0.4, -0.2) is 34.7 Å². The zero-order valence-electron chi connectivity index (χ0n) is 16.8. The van der Waals surface area contributed by atoms with Crippen LogP contribution in [0.1, 0.15) is 41.3 Å². The van der Waals surface area contributed by atoms with E-state index in [1.807, 2.05) is 30.3 Å². The summed E-state index contributed by atoms with van der Waals surface area (Å²) in [5, 5.41) is 5.53. The van der Waals surface area contributed by atoms with Gasteiger partial charge in [0.1, 0.15) is 0 Å². The van der Waals surface area contributed by atoms with Crippen LogP contribution in [0.3, 0.4) is 0 Å². The molecular weight excluding hydrogens is 360 g/mol. The number of carbonyl (C=O) groups is 1. The number of nitrogens with one attached hydrogen (secondary N) is 1. The Morgan fingerprint density at radius 2 is 2.07 bits per heavy atom. The molecule has 5 rings (SSSR count). The quantitative estimate of drug-likeness (QED) is 0.548. The van der Waals surface area contributed by atoms with E-state index in [9.17, 15) is 4.79 Å². The van der Waals surface area contributed by atoms with Crippen molar-refractivity contribution >= 4 is 23.0 Å². The summed E-state index contributed by atoms with van der Waals surface area (Å²) in [4.78, 5) is 14.9. The number of aromatic nitrogens is 1. The predicted octanol–water partition coefficient (Wildman–Crippen LogP) is 3.79. The third kappa shape index (κ3) is 3.36. The minimum atomic E-state index is -0.0512. The van der Waals surface area contributed by atoms with Crippen LogP contribution >= 0.6 is 0 Å². The second kappa shape index (κ2) is 7.48. The van der Waals surface area contributed by atoms with Gasteiger partial charge in [-0.05, 0) is 49.4 Å². The lowest BCUT2D eigenvalue weighted by Gasteiger charge is -2.39. The lowest BCUT2D eigenvalue weighted by Crippen LogP contribution is -2.44. The lowest BCUT2D eigenvalue weighted by molar-refractivity contribution is -0.123. The van der Waals surface area contributed by atoms with Gasteiger partial charge < -0.3 is 4.57 Å². The smallest absolute Gasteiger partial charge is 0.254 e. The molecule has 148 valence electrons. The topological polar surface area (TPSA) is 49.6 Å². The van der Waals surface area contributed by atoms with Gasteiger partial charge in [-0.25, -0.2) is 5.43 Å². The Balaban J connectivity index is 1.34. The van der Waals surface area contributed by atoms with Crippen molar-refractivity contribution in [2.24, 2.45) is 5.10 Å². The van der Waals surface area contributed by atoms with Crippen molar-refractivity contribution < 1.29 is 4.79 Å². The maximum absolute atomic E-state index is 12.5. The van der Waals surface area contributed by atoms with Crippen LogP contribution < -0.4 is 5.43 Å². The van der Waals surface area contributed by atoms with Crippen molar-refractivity contribution in [1.82, 2.24) is 14.9 Å². The molecule has 0 radical (unpaired) electrons. The Bertz CT molecular complexity index is 1080. The molecular formula is C24H26N4O. The first-order valence-corrected chi connectivity index (χ1v) is 10.4. The molecule has 1 aliphatic heterocycles. The van der Waals surface area contributed by atoms with Gasteiger partial charge in [0, 0.05) is 29.7 Å². The number of amides is 1. The molecule has 1 aromatic heterocycles. The van der Waals surface area contributed by atoms with E-state index in [1.165, 1.54) is 34.1 Å². The third-order valence-corrected chi connectivity index (χ3v) is 6.19. The zero-order valence-corrected chi connectivity index (χ0v) is 16.8. The van der Waals surface area contributed by atoms with Crippen LogP contribution in [0, 0.1) is 6.92 Å². The normalized spacial score (nSPS) is 18.9. The Labute approximate surface area is 171 Å². The molecule has 0 saturated heterocycles. The molecule has 5 heteroatoms. The Morgan fingerprint density at radius 1 is 1.21 bits per heavy atom. The van der Waals surface area contributed by atoms with E-state index in [0.29, 0.717) is 12.6 Å². The minimum Gasteiger partial charge on any atom is -0.342 e. The van der Waals surface area contributed by atoms with Crippen molar-refractivity contribution in [3.63, 3.8) is 0 Å². The summed E-state index contributed by atoms with van der Waals surface area (Å²) < 4.78 is 2.50. The third-order valence-electron chi connectivity index (χ3n) is 6.19. The van der Waals surface area contributed by atoms with Crippen molar-refractivity contribution in [2.45, 2.75) is 38.8 Å². The molecule has 2 aromatic carbocycles. The van der Waals surface area contributed by atoms with E-state index in [1.54, 1.807) is 6.21 Å². The van der Waals surface area contributed by atoms with Gasteiger partial charge in [0.15, 0.2) is 0 Å². The number of hydrogen-bond acceptors (Lipinski definition) is 3. The standard InChI is InChI=1S/C24H26N4O/c1-17-10-11-21-20(14-17)19-8-5-9-22-24(19)28(21)13-12-27(22)16-23(29)26-25-15-18-6-3-2-4-7-18/h2-4,6-7,10-11,14-15,22H,5,8-9,12-13,16H2,1H3,(H,26,29)/b25-15-/t22-/m0/s1. The van der Waals surface area contributed by atoms with Gasteiger partial charge in [-0.3, -0.25) is 9.69 Å². The summed E-state index contributed by atoms with van der Waals surface area (Å²) in [6.45, 7) is 4.38. The molecule has 0 saturated carbocycles. The van der Waals surface area contributed by atoms with E-state index >= 15 is 0 Å². The first kappa shape index (κ1) is 18.1. The second-order valence-electron chi connectivity index (χ2n) is 8.12. The van der Waals surface area contributed by atoms with Crippen LogP contribution in [0.2, 0.25) is 0 Å². The van der Waals surface area contributed by atoms with Crippen molar-refractivity contribution in [3.05, 3.63) is 70.9 Å². The Morgan fingerprint density at radius 3 is 2.93 bits per heavy atom. The summed E-state index contributed by atoms with van der Waals surface area (Å²) in [7, 11) is 0. The maximum Gasteiger partial charge on any atom is 0.254 e. The maximum atomic E-state index is 12.5. The van der Waals surface area contributed by atoms with E-state index in [-0.39, 0.29) is 5.91 Å². The van der Waals surface area contributed by atoms with Gasteiger partial charge in [0.2, 0.25) is 0 Å². The number of benzene rings is 2. The number of fused-ring (bicyclic) bond motifs is 3. The van der Waals surface area contributed by atoms with Crippen molar-refractivity contribution in [3.8, 4) is 0 Å². The van der Waals surface area contributed by atoms with E-state index in [4.69, 9.17) is 0 Å². The zero-order chi connectivity index (χ0) is 19.8. The first-order chi connectivity index (χ1) is 14.2. The van der Waals surface area contributed by atoms with Crippen LogP contribution in [0.5, 0.6) is 0 Å². The fourth-order valence-electron chi connectivity index (χ4n) is 4.92. The van der Waals surface area contributed by atoms with Gasteiger partial charge in [-0.2, -0.15) is 5.10 Å². The van der Waals surface area contributed by atoms with Gasteiger partial charge in [0.25, 0.3) is 5.91 Å². The predicted molar refractivity (Wildman–Crippen MR) is 116 cm³/mol. The number of hydrogen-bond donors (Lipinski definition) is 1. The van der Waals surface area contributed by atoms with Gasteiger partial charge in [0.05, 0.1) is 18.8 Å². The van der Waals surface area contributed by atoms with Gasteiger partial charge in [-0.1, -0.05) is 42.0 Å². The number of carbonyl (C=O) groups excluding carboxylic acids is 1. The summed E-state index contributed by atoms with van der Waals surface area (Å²) >= 11 is 0. The largest absolute Gasteiger partial charge is 0.342 e. The summed E-state index contributed by atoms with van der Waals surface area (Å²) in [5.74, 6) is -0.0512. The minimum absolute atomic E-state index is 0.0512. The molecule has 0 spiro atoms. The highest BCUT2D eigenvalue weighted by Gasteiger charge is 2.35. The van der Waals surface area contributed by atoms with Crippen LogP contribution in [-0.2, 0) is 17.8 Å². The number of nitrogens with zero attached hydrogens (tertiary/aromatic N) is 3. The molecule has 1 atom stereocenters. The molecule has 1 N–H and O–H groups in total. The van der Waals surface area contributed by atoms with Gasteiger partial charge >= 0.3 is 0 Å². The molecule has 2 aliphatic rings. The lowest BCUT2D eigenvalue weighted by atomic mass is 9.89. The SMILES string of the molecule is Cc1ccc2c(c1)c1c3n2CCN(CC(=O)N/N=C\c2ccccc2)[C@H]3CCC1.